The van der Waals surface area contributed by atoms with Crippen LogP contribution in [0.4, 0.5) is 0 Å². The molecule has 0 saturated heterocycles. The van der Waals surface area contributed by atoms with Gasteiger partial charge in [-0.2, -0.15) is 0 Å². The molecule has 1 aliphatic rings. The highest BCUT2D eigenvalue weighted by Gasteiger charge is 2.10. The maximum Gasteiger partial charge on any atom is 0.216 e. The summed E-state index contributed by atoms with van der Waals surface area (Å²) in [5.41, 5.74) is 3.87. The Morgan fingerprint density at radius 2 is 2.39 bits per heavy atom. The third-order valence-corrected chi connectivity index (χ3v) is 2.99. The van der Waals surface area contributed by atoms with Crippen molar-refractivity contribution in [1.29, 1.82) is 0 Å². The molecule has 1 aromatic carbocycles. The number of nitrogens with one attached hydrogen (secondary N) is 2. The Bertz CT molecular complexity index is 497. The average Bonchev–Trinajstić information content (AvgIpc) is 2.38. The number of benzene rings is 1. The second-order valence-electron chi connectivity index (χ2n) is 4.40. The Morgan fingerprint density at radius 3 is 3.22 bits per heavy atom. The van der Waals surface area contributed by atoms with Gasteiger partial charge in [0.1, 0.15) is 0 Å². The molecule has 2 rings (SSSR count). The molecule has 94 valence electrons. The second kappa shape index (κ2) is 6.23. The van der Waals surface area contributed by atoms with Gasteiger partial charge in [0.15, 0.2) is 0 Å². The monoisotopic (exact) mass is 242 g/mol. The lowest BCUT2D eigenvalue weighted by Crippen LogP contribution is -2.24. The van der Waals surface area contributed by atoms with Gasteiger partial charge in [0.05, 0.1) is 0 Å². The third kappa shape index (κ3) is 3.35. The lowest BCUT2D eigenvalue weighted by molar-refractivity contribution is -0.118. The summed E-state index contributed by atoms with van der Waals surface area (Å²) >= 11 is 0. The summed E-state index contributed by atoms with van der Waals surface area (Å²) < 4.78 is 0. The summed E-state index contributed by atoms with van der Waals surface area (Å²) in [6.07, 6.45) is 1.74. The van der Waals surface area contributed by atoms with Crippen LogP contribution < -0.4 is 10.6 Å². The van der Waals surface area contributed by atoms with Crippen molar-refractivity contribution in [2.75, 3.05) is 13.1 Å². The fourth-order valence-electron chi connectivity index (χ4n) is 2.11. The Hall–Kier alpha value is -1.79. The highest BCUT2D eigenvalue weighted by atomic mass is 16.1. The van der Waals surface area contributed by atoms with E-state index in [2.05, 4.69) is 40.7 Å². The molecule has 3 nitrogen and oxygen atoms in total. The molecule has 0 fully saturated rings. The first-order chi connectivity index (χ1) is 8.77. The van der Waals surface area contributed by atoms with Crippen molar-refractivity contribution in [3.63, 3.8) is 0 Å². The van der Waals surface area contributed by atoms with Crippen molar-refractivity contribution in [3.8, 4) is 11.8 Å². The predicted octanol–water partition coefficient (Wildman–Crippen LogP) is 1.21. The van der Waals surface area contributed by atoms with Gasteiger partial charge in [0, 0.05) is 32.0 Å². The lowest BCUT2D eigenvalue weighted by atomic mass is 9.96. The van der Waals surface area contributed by atoms with E-state index < -0.39 is 0 Å². The number of carbonyl (C=O) groups excluding carboxylic acids is 1. The van der Waals surface area contributed by atoms with Crippen LogP contribution >= 0.6 is 0 Å². The van der Waals surface area contributed by atoms with Crippen molar-refractivity contribution in [2.45, 2.75) is 26.3 Å². The van der Waals surface area contributed by atoms with Crippen LogP contribution in [0.25, 0.3) is 0 Å². The van der Waals surface area contributed by atoms with E-state index in [4.69, 9.17) is 0 Å². The average molecular weight is 242 g/mol. The van der Waals surface area contributed by atoms with Crippen LogP contribution in [0.3, 0.4) is 0 Å². The molecule has 0 spiro atoms. The quantitative estimate of drug-likeness (QED) is 0.604. The molecule has 3 heteroatoms. The molecule has 1 amide bonds. The molecule has 0 aromatic heterocycles. The Morgan fingerprint density at radius 1 is 1.50 bits per heavy atom. The van der Waals surface area contributed by atoms with E-state index in [1.54, 1.807) is 0 Å². The number of fused-ring (bicyclic) bond motifs is 1. The van der Waals surface area contributed by atoms with Gasteiger partial charge < -0.3 is 10.6 Å². The third-order valence-electron chi connectivity index (χ3n) is 2.99. The molecule has 18 heavy (non-hydrogen) atoms. The Balaban J connectivity index is 2.01. The van der Waals surface area contributed by atoms with Crippen LogP contribution in [0.5, 0.6) is 0 Å². The normalized spacial score (nSPS) is 13.2. The molecule has 1 heterocycles. The predicted molar refractivity (Wildman–Crippen MR) is 72.0 cm³/mol. The summed E-state index contributed by atoms with van der Waals surface area (Å²) in [5.74, 6) is 6.34. The fraction of sp³-hybridized carbons (Fsp3) is 0.400. The smallest absolute Gasteiger partial charge is 0.216 e. The summed E-state index contributed by atoms with van der Waals surface area (Å²) in [7, 11) is 0. The van der Waals surface area contributed by atoms with Crippen LogP contribution in [-0.2, 0) is 17.8 Å². The first kappa shape index (κ1) is 12.7. The van der Waals surface area contributed by atoms with E-state index in [0.717, 1.165) is 25.1 Å². The first-order valence-corrected chi connectivity index (χ1v) is 6.32. The van der Waals surface area contributed by atoms with Gasteiger partial charge in [-0.3, -0.25) is 4.79 Å². The van der Waals surface area contributed by atoms with Gasteiger partial charge >= 0.3 is 0 Å². The summed E-state index contributed by atoms with van der Waals surface area (Å²) in [4.78, 5) is 10.7. The van der Waals surface area contributed by atoms with E-state index >= 15 is 0 Å². The largest absolute Gasteiger partial charge is 0.355 e. The molecule has 0 saturated carbocycles. The van der Waals surface area contributed by atoms with Gasteiger partial charge in [-0.1, -0.05) is 24.0 Å². The van der Waals surface area contributed by atoms with E-state index in [9.17, 15) is 4.79 Å². The van der Waals surface area contributed by atoms with Crippen LogP contribution in [0.15, 0.2) is 18.2 Å². The fourth-order valence-corrected chi connectivity index (χ4v) is 2.11. The van der Waals surface area contributed by atoms with Crippen molar-refractivity contribution in [2.24, 2.45) is 0 Å². The maximum atomic E-state index is 10.7. The lowest BCUT2D eigenvalue weighted by Gasteiger charge is -2.18. The molecule has 0 atom stereocenters. The Labute approximate surface area is 108 Å². The maximum absolute atomic E-state index is 10.7. The minimum atomic E-state index is -0.0000326. The molecule has 2 N–H and O–H groups in total. The first-order valence-electron chi connectivity index (χ1n) is 6.32. The molecule has 1 aromatic rings. The number of hydrogen-bond donors (Lipinski definition) is 2. The summed E-state index contributed by atoms with van der Waals surface area (Å²) in [6, 6.07) is 6.29. The van der Waals surface area contributed by atoms with Gasteiger partial charge in [0.2, 0.25) is 5.91 Å². The van der Waals surface area contributed by atoms with Gasteiger partial charge in [0.25, 0.3) is 0 Å². The van der Waals surface area contributed by atoms with Crippen LogP contribution in [0.2, 0.25) is 0 Å². The van der Waals surface area contributed by atoms with E-state index in [0.29, 0.717) is 13.0 Å². The second-order valence-corrected chi connectivity index (χ2v) is 4.40. The molecular weight excluding hydrogens is 224 g/mol. The highest BCUT2D eigenvalue weighted by molar-refractivity contribution is 5.72. The van der Waals surface area contributed by atoms with E-state index in [-0.39, 0.29) is 5.91 Å². The van der Waals surface area contributed by atoms with Gasteiger partial charge in [-0.25, -0.2) is 0 Å². The van der Waals surface area contributed by atoms with Crippen molar-refractivity contribution < 1.29 is 4.79 Å². The number of carbonyl (C=O) groups is 1. The van der Waals surface area contributed by atoms with Crippen molar-refractivity contribution in [3.05, 3.63) is 34.9 Å². The number of rotatable bonds is 2. The van der Waals surface area contributed by atoms with Crippen molar-refractivity contribution >= 4 is 5.91 Å². The van der Waals surface area contributed by atoms with Crippen molar-refractivity contribution in [1.82, 2.24) is 10.6 Å². The topological polar surface area (TPSA) is 41.1 Å². The zero-order chi connectivity index (χ0) is 12.8. The SMILES string of the molecule is CC(=O)NCCC#Cc1cccc2c1CCNC2. The highest BCUT2D eigenvalue weighted by Crippen LogP contribution is 2.17. The molecule has 0 radical (unpaired) electrons. The minimum absolute atomic E-state index is 0.0000326. The standard InChI is InChI=1S/C15H18N2O/c1-12(18)17-9-3-2-5-13-6-4-7-14-11-16-10-8-15(13)14/h4,6-7,16H,3,8-11H2,1H3,(H,17,18). The summed E-state index contributed by atoms with van der Waals surface area (Å²) in [5, 5.41) is 6.10. The number of hydrogen-bond acceptors (Lipinski definition) is 2. The molecule has 0 bridgehead atoms. The van der Waals surface area contributed by atoms with Crippen LogP contribution in [0, 0.1) is 11.8 Å². The minimum Gasteiger partial charge on any atom is -0.355 e. The molecule has 1 aliphatic heterocycles. The molecular formula is C15H18N2O. The summed E-state index contributed by atoms with van der Waals surface area (Å²) in [6.45, 7) is 4.11. The molecule has 0 unspecified atom stereocenters. The zero-order valence-electron chi connectivity index (χ0n) is 10.7. The Kier molecular flexibility index (Phi) is 4.38. The van der Waals surface area contributed by atoms with Gasteiger partial charge in [-0.15, -0.1) is 0 Å². The molecule has 0 aliphatic carbocycles. The zero-order valence-corrected chi connectivity index (χ0v) is 10.7. The van der Waals surface area contributed by atoms with Crippen LogP contribution in [0.1, 0.15) is 30.0 Å². The van der Waals surface area contributed by atoms with E-state index in [1.807, 2.05) is 0 Å². The number of amides is 1. The van der Waals surface area contributed by atoms with Crippen LogP contribution in [-0.4, -0.2) is 19.0 Å². The van der Waals surface area contributed by atoms with E-state index in [1.165, 1.54) is 18.1 Å². The van der Waals surface area contributed by atoms with Gasteiger partial charge in [-0.05, 0) is 30.2 Å².